The summed E-state index contributed by atoms with van der Waals surface area (Å²) in [5, 5.41) is 2.96. The Morgan fingerprint density at radius 2 is 2.00 bits per heavy atom. The Morgan fingerprint density at radius 1 is 1.38 bits per heavy atom. The standard InChI is InChI=1S/C11H17NO/c1-8(13)12-7-10-4-11(5-10,6-10)9-2-3-9/h9H,2-7H2,1H3,(H,12,13). The van der Waals surface area contributed by atoms with Crippen LogP contribution < -0.4 is 5.32 Å². The number of hydrogen-bond acceptors (Lipinski definition) is 1. The van der Waals surface area contributed by atoms with Crippen LogP contribution in [-0.4, -0.2) is 12.5 Å². The molecule has 0 atom stereocenters. The van der Waals surface area contributed by atoms with Crippen molar-refractivity contribution in [3.8, 4) is 0 Å². The smallest absolute Gasteiger partial charge is 0.216 e. The molecule has 4 aliphatic rings. The maximum absolute atomic E-state index is 10.8. The predicted molar refractivity (Wildman–Crippen MR) is 50.1 cm³/mol. The van der Waals surface area contributed by atoms with Gasteiger partial charge in [0.1, 0.15) is 0 Å². The van der Waals surface area contributed by atoms with Gasteiger partial charge in [0.05, 0.1) is 0 Å². The van der Waals surface area contributed by atoms with Crippen LogP contribution in [0.4, 0.5) is 0 Å². The quantitative estimate of drug-likeness (QED) is 0.702. The zero-order valence-electron chi connectivity index (χ0n) is 8.23. The molecule has 0 aromatic rings. The van der Waals surface area contributed by atoms with Crippen LogP contribution in [0.5, 0.6) is 0 Å². The highest BCUT2D eigenvalue weighted by molar-refractivity contribution is 5.72. The maximum atomic E-state index is 10.8. The third-order valence-electron chi connectivity index (χ3n) is 4.34. The SMILES string of the molecule is CC(=O)NCC12CC(C3CC3)(C1)C2. The van der Waals surface area contributed by atoms with Crippen LogP contribution in [0, 0.1) is 16.7 Å². The fourth-order valence-corrected chi connectivity index (χ4v) is 3.71. The highest BCUT2D eigenvalue weighted by Crippen LogP contribution is 2.79. The molecule has 4 fully saturated rings. The lowest BCUT2D eigenvalue weighted by molar-refractivity contribution is -0.213. The summed E-state index contributed by atoms with van der Waals surface area (Å²) in [5.41, 5.74) is 1.33. The summed E-state index contributed by atoms with van der Waals surface area (Å²) in [5.74, 6) is 1.21. The summed E-state index contributed by atoms with van der Waals surface area (Å²) in [6, 6.07) is 0. The van der Waals surface area contributed by atoms with Crippen molar-refractivity contribution < 1.29 is 4.79 Å². The molecule has 1 N–H and O–H groups in total. The zero-order chi connectivity index (χ0) is 9.10. The van der Waals surface area contributed by atoms with Crippen LogP contribution in [0.2, 0.25) is 0 Å². The number of rotatable bonds is 3. The van der Waals surface area contributed by atoms with Gasteiger partial charge in [0, 0.05) is 13.5 Å². The van der Waals surface area contributed by atoms with Crippen molar-refractivity contribution in [1.29, 1.82) is 0 Å². The van der Waals surface area contributed by atoms with Crippen LogP contribution in [0.3, 0.4) is 0 Å². The van der Waals surface area contributed by atoms with Gasteiger partial charge < -0.3 is 5.32 Å². The average molecular weight is 179 g/mol. The van der Waals surface area contributed by atoms with E-state index < -0.39 is 0 Å². The van der Waals surface area contributed by atoms with E-state index in [0.717, 1.165) is 17.9 Å². The van der Waals surface area contributed by atoms with Crippen LogP contribution in [0.15, 0.2) is 0 Å². The molecule has 0 radical (unpaired) electrons. The molecule has 0 aromatic heterocycles. The van der Waals surface area contributed by atoms with E-state index in [1.54, 1.807) is 6.92 Å². The van der Waals surface area contributed by atoms with E-state index >= 15 is 0 Å². The summed E-state index contributed by atoms with van der Waals surface area (Å²) in [6.07, 6.45) is 7.19. The lowest BCUT2D eigenvalue weighted by atomic mass is 9.33. The number of carbonyl (C=O) groups excluding carboxylic acids is 1. The Kier molecular flexibility index (Phi) is 1.27. The first-order chi connectivity index (χ1) is 6.14. The molecular weight excluding hydrogens is 162 g/mol. The monoisotopic (exact) mass is 179 g/mol. The van der Waals surface area contributed by atoms with Gasteiger partial charge in [-0.3, -0.25) is 4.79 Å². The van der Waals surface area contributed by atoms with Crippen molar-refractivity contribution in [1.82, 2.24) is 5.32 Å². The van der Waals surface area contributed by atoms with E-state index in [9.17, 15) is 4.79 Å². The van der Waals surface area contributed by atoms with E-state index in [0.29, 0.717) is 5.41 Å². The Labute approximate surface area is 79.1 Å². The summed E-state index contributed by atoms with van der Waals surface area (Å²) >= 11 is 0. The fraction of sp³-hybridized carbons (Fsp3) is 0.909. The van der Waals surface area contributed by atoms with Crippen molar-refractivity contribution in [3.05, 3.63) is 0 Å². The minimum atomic E-state index is 0.130. The van der Waals surface area contributed by atoms with Crippen molar-refractivity contribution in [2.45, 2.75) is 39.0 Å². The second kappa shape index (κ2) is 2.10. The first-order valence-corrected chi connectivity index (χ1v) is 5.39. The number of carbonyl (C=O) groups is 1. The molecule has 4 saturated carbocycles. The maximum Gasteiger partial charge on any atom is 0.216 e. The Morgan fingerprint density at radius 3 is 2.46 bits per heavy atom. The zero-order valence-corrected chi connectivity index (χ0v) is 8.23. The highest BCUT2D eigenvalue weighted by atomic mass is 16.1. The van der Waals surface area contributed by atoms with Gasteiger partial charge in [0.15, 0.2) is 0 Å². The molecule has 13 heavy (non-hydrogen) atoms. The molecule has 4 aliphatic carbocycles. The van der Waals surface area contributed by atoms with E-state index in [-0.39, 0.29) is 5.91 Å². The lowest BCUT2D eigenvalue weighted by Crippen LogP contribution is -2.66. The third kappa shape index (κ3) is 0.976. The Hall–Kier alpha value is -0.530. The Bertz CT molecular complexity index is 247. The first kappa shape index (κ1) is 7.84. The molecule has 72 valence electrons. The summed E-state index contributed by atoms with van der Waals surface area (Å²) in [7, 11) is 0. The van der Waals surface area contributed by atoms with Gasteiger partial charge in [-0.25, -0.2) is 0 Å². The second-order valence-electron chi connectivity index (χ2n) is 5.58. The Balaban J connectivity index is 1.52. The summed E-state index contributed by atoms with van der Waals surface area (Å²) in [6.45, 7) is 2.55. The largest absolute Gasteiger partial charge is 0.356 e. The van der Waals surface area contributed by atoms with E-state index in [1.165, 1.54) is 32.1 Å². The van der Waals surface area contributed by atoms with Gasteiger partial charge in [-0.2, -0.15) is 0 Å². The molecule has 0 spiro atoms. The van der Waals surface area contributed by atoms with Gasteiger partial charge in [-0.1, -0.05) is 0 Å². The van der Waals surface area contributed by atoms with Gasteiger partial charge in [-0.15, -0.1) is 0 Å². The molecule has 0 saturated heterocycles. The molecule has 2 bridgehead atoms. The van der Waals surface area contributed by atoms with Gasteiger partial charge in [0.25, 0.3) is 0 Å². The van der Waals surface area contributed by atoms with Crippen molar-refractivity contribution in [2.24, 2.45) is 16.7 Å². The minimum absolute atomic E-state index is 0.130. The van der Waals surface area contributed by atoms with Crippen molar-refractivity contribution >= 4 is 5.91 Å². The van der Waals surface area contributed by atoms with Crippen LogP contribution in [0.25, 0.3) is 0 Å². The van der Waals surface area contributed by atoms with E-state index in [1.807, 2.05) is 0 Å². The van der Waals surface area contributed by atoms with E-state index in [2.05, 4.69) is 5.32 Å². The number of hydrogen-bond donors (Lipinski definition) is 1. The minimum Gasteiger partial charge on any atom is -0.356 e. The second-order valence-corrected chi connectivity index (χ2v) is 5.58. The normalized spacial score (nSPS) is 46.2. The van der Waals surface area contributed by atoms with Crippen LogP contribution >= 0.6 is 0 Å². The molecule has 0 aliphatic heterocycles. The van der Waals surface area contributed by atoms with Crippen molar-refractivity contribution in [2.75, 3.05) is 6.54 Å². The number of amides is 1. The molecule has 0 aromatic carbocycles. The highest BCUT2D eigenvalue weighted by Gasteiger charge is 2.71. The average Bonchev–Trinajstić information content (AvgIpc) is 2.63. The lowest BCUT2D eigenvalue weighted by Gasteiger charge is -2.72. The first-order valence-electron chi connectivity index (χ1n) is 5.39. The molecule has 2 nitrogen and oxygen atoms in total. The molecular formula is C11H17NO. The summed E-state index contributed by atoms with van der Waals surface area (Å²) < 4.78 is 0. The molecule has 0 heterocycles. The van der Waals surface area contributed by atoms with Crippen LogP contribution in [-0.2, 0) is 4.79 Å². The van der Waals surface area contributed by atoms with E-state index in [4.69, 9.17) is 0 Å². The van der Waals surface area contributed by atoms with Gasteiger partial charge in [0.2, 0.25) is 5.91 Å². The molecule has 4 rings (SSSR count). The number of nitrogens with one attached hydrogen (secondary N) is 1. The predicted octanol–water partition coefficient (Wildman–Crippen LogP) is 1.70. The molecule has 1 amide bonds. The van der Waals surface area contributed by atoms with Crippen LogP contribution in [0.1, 0.15) is 39.0 Å². The molecule has 2 heteroatoms. The molecule has 0 unspecified atom stereocenters. The van der Waals surface area contributed by atoms with Gasteiger partial charge in [-0.05, 0) is 48.9 Å². The van der Waals surface area contributed by atoms with Crippen molar-refractivity contribution in [3.63, 3.8) is 0 Å². The fourth-order valence-electron chi connectivity index (χ4n) is 3.71. The van der Waals surface area contributed by atoms with Gasteiger partial charge >= 0.3 is 0 Å². The topological polar surface area (TPSA) is 29.1 Å². The summed E-state index contributed by atoms with van der Waals surface area (Å²) in [4.78, 5) is 10.8. The third-order valence-corrected chi connectivity index (χ3v) is 4.34.